The van der Waals surface area contributed by atoms with Gasteiger partial charge in [-0.3, -0.25) is 9.89 Å². The number of aryl methyl sites for hydroxylation is 2. The molecule has 1 aromatic heterocycles. The second-order valence-electron chi connectivity index (χ2n) is 8.28. The van der Waals surface area contributed by atoms with Crippen molar-refractivity contribution < 1.29 is 14.6 Å². The lowest BCUT2D eigenvalue weighted by molar-refractivity contribution is 0.100. The summed E-state index contributed by atoms with van der Waals surface area (Å²) in [4.78, 5) is 14.4. The molecule has 1 amide bonds. The van der Waals surface area contributed by atoms with E-state index in [9.17, 15) is 9.90 Å². The number of amides is 1. The van der Waals surface area contributed by atoms with Gasteiger partial charge >= 0.3 is 0 Å². The third kappa shape index (κ3) is 5.07. The molecule has 33 heavy (non-hydrogen) atoms. The fourth-order valence-electron chi connectivity index (χ4n) is 4.16. The van der Waals surface area contributed by atoms with Crippen molar-refractivity contribution in [3.05, 3.63) is 68.9 Å². The van der Waals surface area contributed by atoms with Crippen LogP contribution in [0.25, 0.3) is 0 Å². The Balaban J connectivity index is 1.51. The highest BCUT2D eigenvalue weighted by atomic mass is 35.5. The number of carbonyl (C=O) groups is 1. The number of rotatable bonds is 7. The minimum absolute atomic E-state index is 0.289. The molecule has 5 N–H and O–H groups in total. The summed E-state index contributed by atoms with van der Waals surface area (Å²) < 4.78 is 5.41. The number of ether oxygens (including phenoxy) is 1. The number of halogens is 1. The fourth-order valence-corrected chi connectivity index (χ4v) is 4.48. The third-order valence-corrected chi connectivity index (χ3v) is 6.15. The fraction of sp³-hybridized carbons (Fsp3) is 0.333. The Kier molecular flexibility index (Phi) is 6.76. The molecule has 4 rings (SSSR count). The molecule has 174 valence electrons. The number of primary amides is 1. The number of carbonyl (C=O) groups excluding carboxylic acids is 1. The number of hydrogen-bond acceptors (Lipinski definition) is 6. The van der Waals surface area contributed by atoms with Gasteiger partial charge in [0.05, 0.1) is 29.6 Å². The Hall–Kier alpha value is -3.23. The third-order valence-electron chi connectivity index (χ3n) is 5.84. The Bertz CT molecular complexity index is 1150. The number of hydrogen-bond donors (Lipinski definition) is 4. The van der Waals surface area contributed by atoms with Crippen LogP contribution in [0.3, 0.4) is 0 Å². The molecule has 0 saturated carbocycles. The molecular formula is C24H28ClN5O3. The Labute approximate surface area is 197 Å². The van der Waals surface area contributed by atoms with Crippen molar-refractivity contribution in [3.8, 4) is 5.75 Å². The maximum atomic E-state index is 12.2. The average Bonchev–Trinajstić information content (AvgIpc) is 3.19. The van der Waals surface area contributed by atoms with Crippen molar-refractivity contribution >= 4 is 29.0 Å². The molecule has 9 heteroatoms. The molecule has 0 spiro atoms. The van der Waals surface area contributed by atoms with Crippen molar-refractivity contribution in [1.82, 2.24) is 10.2 Å². The number of aromatic nitrogens is 2. The highest BCUT2D eigenvalue weighted by molar-refractivity contribution is 6.33. The van der Waals surface area contributed by atoms with Gasteiger partial charge in [0.1, 0.15) is 11.3 Å². The van der Waals surface area contributed by atoms with E-state index in [1.54, 1.807) is 0 Å². The van der Waals surface area contributed by atoms with Gasteiger partial charge in [0, 0.05) is 26.1 Å². The number of anilines is 2. The topological polar surface area (TPSA) is 117 Å². The van der Waals surface area contributed by atoms with Gasteiger partial charge in [0.2, 0.25) is 0 Å². The number of nitrogens with one attached hydrogen (secondary N) is 2. The summed E-state index contributed by atoms with van der Waals surface area (Å²) in [6.07, 6.45) is 0.438. The monoisotopic (exact) mass is 469 g/mol. The van der Waals surface area contributed by atoms with Gasteiger partial charge in [-0.25, -0.2) is 0 Å². The van der Waals surface area contributed by atoms with E-state index >= 15 is 0 Å². The van der Waals surface area contributed by atoms with Gasteiger partial charge < -0.3 is 25.8 Å². The molecule has 0 unspecified atom stereocenters. The van der Waals surface area contributed by atoms with Crippen LogP contribution < -0.4 is 16.0 Å². The van der Waals surface area contributed by atoms with Gasteiger partial charge in [-0.05, 0) is 48.2 Å². The van der Waals surface area contributed by atoms with Crippen molar-refractivity contribution in [2.24, 2.45) is 5.73 Å². The molecule has 0 atom stereocenters. The quantitative estimate of drug-likeness (QED) is 0.420. The van der Waals surface area contributed by atoms with Crippen molar-refractivity contribution in [2.75, 3.05) is 36.5 Å². The van der Waals surface area contributed by atoms with Gasteiger partial charge in [0.15, 0.2) is 5.82 Å². The second-order valence-corrected chi connectivity index (χ2v) is 8.69. The number of nitrogens with two attached hydrogens (primary N) is 1. The lowest BCUT2D eigenvalue weighted by Crippen LogP contribution is -2.36. The molecule has 1 fully saturated rings. The van der Waals surface area contributed by atoms with E-state index in [0.29, 0.717) is 48.3 Å². The SMILES string of the molecule is Cc1cc(CNc2n[nH]c(Cc3ccc(N4CCOCC4)c(Cl)c3)c2C(N)=O)cc(C)c1O. The van der Waals surface area contributed by atoms with Crippen LogP contribution in [0.5, 0.6) is 5.75 Å². The van der Waals surface area contributed by atoms with Crippen LogP contribution in [0, 0.1) is 13.8 Å². The number of phenolic OH excluding ortho intramolecular Hbond substituents is 1. The van der Waals surface area contributed by atoms with E-state index in [1.807, 2.05) is 44.2 Å². The summed E-state index contributed by atoms with van der Waals surface area (Å²) in [5.41, 5.74) is 11.1. The Morgan fingerprint density at radius 2 is 1.91 bits per heavy atom. The van der Waals surface area contributed by atoms with E-state index in [2.05, 4.69) is 20.4 Å². The first kappa shape index (κ1) is 22.9. The zero-order valence-corrected chi connectivity index (χ0v) is 19.5. The van der Waals surface area contributed by atoms with Gasteiger partial charge in [-0.15, -0.1) is 0 Å². The first-order valence-electron chi connectivity index (χ1n) is 10.8. The first-order chi connectivity index (χ1) is 15.8. The summed E-state index contributed by atoms with van der Waals surface area (Å²) in [6.45, 7) is 7.12. The Morgan fingerprint density at radius 3 is 2.55 bits per heavy atom. The minimum Gasteiger partial charge on any atom is -0.507 e. The van der Waals surface area contributed by atoms with E-state index < -0.39 is 5.91 Å². The van der Waals surface area contributed by atoms with Crippen LogP contribution in [0.2, 0.25) is 5.02 Å². The van der Waals surface area contributed by atoms with Crippen molar-refractivity contribution in [2.45, 2.75) is 26.8 Å². The summed E-state index contributed by atoms with van der Waals surface area (Å²) in [5.74, 6) is 0.129. The van der Waals surface area contributed by atoms with Gasteiger partial charge in [-0.1, -0.05) is 29.8 Å². The van der Waals surface area contributed by atoms with E-state index in [1.165, 1.54) is 0 Å². The van der Waals surface area contributed by atoms with Crippen LogP contribution in [-0.4, -0.2) is 47.5 Å². The molecule has 1 aliphatic heterocycles. The molecule has 0 bridgehead atoms. The first-order valence-corrected chi connectivity index (χ1v) is 11.2. The number of aromatic amines is 1. The number of nitrogens with zero attached hydrogens (tertiary/aromatic N) is 2. The minimum atomic E-state index is -0.560. The lowest BCUT2D eigenvalue weighted by atomic mass is 10.0. The standard InChI is InChI=1S/C24H28ClN5O3/c1-14-9-17(10-15(2)22(14)31)13-27-24-21(23(26)32)19(28-29-24)12-16-3-4-20(18(25)11-16)30-5-7-33-8-6-30/h3-4,9-11,31H,5-8,12-13H2,1-2H3,(H2,26,32)(H2,27,28,29). The van der Waals surface area contributed by atoms with Gasteiger partial charge in [0.25, 0.3) is 5.91 Å². The molecule has 3 aromatic rings. The normalized spacial score (nSPS) is 13.8. The van der Waals surface area contributed by atoms with Crippen LogP contribution in [-0.2, 0) is 17.7 Å². The maximum absolute atomic E-state index is 12.2. The molecule has 1 aliphatic rings. The highest BCUT2D eigenvalue weighted by Gasteiger charge is 2.20. The number of benzene rings is 2. The zero-order valence-electron chi connectivity index (χ0n) is 18.7. The highest BCUT2D eigenvalue weighted by Crippen LogP contribution is 2.29. The maximum Gasteiger partial charge on any atom is 0.254 e. The summed E-state index contributed by atoms with van der Waals surface area (Å²) in [5, 5.41) is 21.0. The zero-order chi connectivity index (χ0) is 23.5. The van der Waals surface area contributed by atoms with Crippen LogP contribution >= 0.6 is 11.6 Å². The lowest BCUT2D eigenvalue weighted by Gasteiger charge is -2.29. The van der Waals surface area contributed by atoms with Crippen LogP contribution in [0.15, 0.2) is 30.3 Å². The second kappa shape index (κ2) is 9.72. The number of H-pyrrole nitrogens is 1. The molecular weight excluding hydrogens is 442 g/mol. The van der Waals surface area contributed by atoms with E-state index in [4.69, 9.17) is 22.1 Å². The Morgan fingerprint density at radius 1 is 1.21 bits per heavy atom. The summed E-state index contributed by atoms with van der Waals surface area (Å²) in [6, 6.07) is 9.69. The molecule has 0 aliphatic carbocycles. The smallest absolute Gasteiger partial charge is 0.254 e. The predicted molar refractivity (Wildman–Crippen MR) is 129 cm³/mol. The molecule has 2 aromatic carbocycles. The molecule has 1 saturated heterocycles. The van der Waals surface area contributed by atoms with Crippen LogP contribution in [0.4, 0.5) is 11.5 Å². The van der Waals surface area contributed by atoms with Crippen LogP contribution in [0.1, 0.15) is 38.3 Å². The van der Waals surface area contributed by atoms with Crippen molar-refractivity contribution in [1.29, 1.82) is 0 Å². The molecule has 0 radical (unpaired) electrons. The predicted octanol–water partition coefficient (Wildman–Crippen LogP) is 3.52. The largest absolute Gasteiger partial charge is 0.507 e. The van der Waals surface area contributed by atoms with Crippen molar-refractivity contribution in [3.63, 3.8) is 0 Å². The van der Waals surface area contributed by atoms with E-state index in [-0.39, 0.29) is 5.75 Å². The van der Waals surface area contributed by atoms with Gasteiger partial charge in [-0.2, -0.15) is 5.10 Å². The number of phenols is 1. The molecule has 2 heterocycles. The number of aromatic hydroxyl groups is 1. The number of morpholine rings is 1. The van der Waals surface area contributed by atoms with E-state index in [0.717, 1.165) is 41.0 Å². The summed E-state index contributed by atoms with van der Waals surface area (Å²) >= 11 is 6.56. The molecule has 8 nitrogen and oxygen atoms in total. The average molecular weight is 470 g/mol. The summed E-state index contributed by atoms with van der Waals surface area (Å²) in [7, 11) is 0.